The van der Waals surface area contributed by atoms with E-state index in [1.54, 1.807) is 67.6 Å². The van der Waals surface area contributed by atoms with E-state index in [-0.39, 0.29) is 23.7 Å². The molecule has 0 spiro atoms. The molecule has 0 atom stereocenters. The molecule has 0 saturated carbocycles. The Morgan fingerprint density at radius 1 is 0.537 bits per heavy atom. The normalized spacial score (nSPS) is 10.6. The maximum Gasteiger partial charge on any atom is 0.343 e. The molecule has 54 heavy (non-hydrogen) atoms. The Kier molecular flexibility index (Phi) is 16.8. The van der Waals surface area contributed by atoms with E-state index in [2.05, 4.69) is 6.58 Å². The summed E-state index contributed by atoms with van der Waals surface area (Å²) in [6, 6.07) is 24.0. The summed E-state index contributed by atoms with van der Waals surface area (Å²) in [6.07, 6.45) is 8.24. The average molecular weight is 739 g/mol. The van der Waals surface area contributed by atoms with Crippen LogP contribution in [0, 0.1) is 6.92 Å². The number of benzene rings is 4. The lowest BCUT2D eigenvalue weighted by Gasteiger charge is -2.11. The molecule has 0 aliphatic carbocycles. The van der Waals surface area contributed by atoms with Crippen molar-refractivity contribution in [2.24, 2.45) is 0 Å². The number of esters is 4. The van der Waals surface area contributed by atoms with E-state index in [9.17, 15) is 19.2 Å². The van der Waals surface area contributed by atoms with Gasteiger partial charge >= 0.3 is 23.9 Å². The summed E-state index contributed by atoms with van der Waals surface area (Å²) in [5, 5.41) is 8.84. The first-order chi connectivity index (χ1) is 26.2. The molecular weight excluding hydrogens is 692 g/mol. The third-order valence-electron chi connectivity index (χ3n) is 8.08. The highest BCUT2D eigenvalue weighted by Gasteiger charge is 2.15. The van der Waals surface area contributed by atoms with Crippen LogP contribution in [0.25, 0.3) is 0 Å². The number of hydrogen-bond donors (Lipinski definition) is 1. The van der Waals surface area contributed by atoms with Crippen LogP contribution in [0.4, 0.5) is 0 Å². The lowest BCUT2D eigenvalue weighted by molar-refractivity contribution is -0.137. The van der Waals surface area contributed by atoms with Crippen LogP contribution in [0.15, 0.2) is 104 Å². The molecule has 4 aromatic rings. The van der Waals surface area contributed by atoms with Crippen molar-refractivity contribution in [3.8, 4) is 28.7 Å². The summed E-state index contributed by atoms with van der Waals surface area (Å²) >= 11 is 0. The van der Waals surface area contributed by atoms with Crippen LogP contribution in [0.1, 0.15) is 88.0 Å². The minimum atomic E-state index is -0.616. The van der Waals surface area contributed by atoms with E-state index in [0.29, 0.717) is 53.8 Å². The molecular formula is C43H46O11. The van der Waals surface area contributed by atoms with Crippen LogP contribution in [-0.2, 0) is 9.53 Å². The van der Waals surface area contributed by atoms with Crippen LogP contribution < -0.4 is 23.7 Å². The first-order valence-corrected chi connectivity index (χ1v) is 18.0. The Labute approximate surface area is 315 Å². The third-order valence-corrected chi connectivity index (χ3v) is 8.08. The number of rotatable bonds is 22. The van der Waals surface area contributed by atoms with Crippen LogP contribution in [0.2, 0.25) is 0 Å². The summed E-state index contributed by atoms with van der Waals surface area (Å²) in [4.78, 5) is 49.3. The van der Waals surface area contributed by atoms with Gasteiger partial charge in [0, 0.05) is 12.7 Å². The van der Waals surface area contributed by atoms with Gasteiger partial charge < -0.3 is 33.5 Å². The van der Waals surface area contributed by atoms with Crippen LogP contribution in [-0.4, -0.2) is 55.4 Å². The van der Waals surface area contributed by atoms with Gasteiger partial charge in [-0.25, -0.2) is 19.2 Å². The smallest absolute Gasteiger partial charge is 0.343 e. The SMILES string of the molecule is C=CC(=O)OCCCCCCOc1ccc(C(=O)Oc2ccc(OC(=O)c3ccc(OC(=O)c4ccc(OCCCCCCO)cc4)cc3)cc2C)cc1. The van der Waals surface area contributed by atoms with E-state index in [4.69, 9.17) is 33.5 Å². The Morgan fingerprint density at radius 2 is 0.963 bits per heavy atom. The maximum atomic E-state index is 12.8. The number of carbonyl (C=O) groups excluding carboxylic acids is 4. The zero-order chi connectivity index (χ0) is 38.5. The fraction of sp³-hybridized carbons (Fsp3) is 0.302. The first kappa shape index (κ1) is 40.8. The highest BCUT2D eigenvalue weighted by molar-refractivity contribution is 5.93. The molecule has 11 heteroatoms. The van der Waals surface area contributed by atoms with Gasteiger partial charge in [0.2, 0.25) is 0 Å². The predicted octanol–water partition coefficient (Wildman–Crippen LogP) is 8.25. The largest absolute Gasteiger partial charge is 0.494 e. The second kappa shape index (κ2) is 22.2. The zero-order valence-corrected chi connectivity index (χ0v) is 30.5. The van der Waals surface area contributed by atoms with Gasteiger partial charge in [0.15, 0.2) is 0 Å². The summed E-state index contributed by atoms with van der Waals surface area (Å²) in [7, 11) is 0. The van der Waals surface area contributed by atoms with E-state index in [1.807, 2.05) is 0 Å². The average Bonchev–Trinajstić information content (AvgIpc) is 3.18. The molecule has 284 valence electrons. The van der Waals surface area contributed by atoms with E-state index in [1.165, 1.54) is 30.3 Å². The molecule has 4 rings (SSSR count). The molecule has 11 nitrogen and oxygen atoms in total. The molecule has 4 aromatic carbocycles. The molecule has 0 radical (unpaired) electrons. The molecule has 0 bridgehead atoms. The van der Waals surface area contributed by atoms with Gasteiger partial charge in [-0.15, -0.1) is 0 Å². The van der Waals surface area contributed by atoms with E-state index in [0.717, 1.165) is 57.4 Å². The zero-order valence-electron chi connectivity index (χ0n) is 30.5. The highest BCUT2D eigenvalue weighted by Crippen LogP contribution is 2.26. The van der Waals surface area contributed by atoms with Gasteiger partial charge in [-0.1, -0.05) is 13.0 Å². The molecule has 0 aliphatic rings. The molecule has 0 aromatic heterocycles. The van der Waals surface area contributed by atoms with Gasteiger partial charge in [-0.3, -0.25) is 0 Å². The Hall–Kier alpha value is -5.94. The van der Waals surface area contributed by atoms with Crippen LogP contribution in [0.3, 0.4) is 0 Å². The lowest BCUT2D eigenvalue weighted by Crippen LogP contribution is -2.11. The number of carbonyl (C=O) groups is 4. The summed E-state index contributed by atoms with van der Waals surface area (Å²) in [5.74, 6) is 0.00395. The van der Waals surface area contributed by atoms with Crippen LogP contribution >= 0.6 is 0 Å². The Balaban J connectivity index is 1.18. The monoisotopic (exact) mass is 738 g/mol. The van der Waals surface area contributed by atoms with Crippen molar-refractivity contribution in [3.05, 3.63) is 126 Å². The van der Waals surface area contributed by atoms with E-state index < -0.39 is 23.9 Å². The first-order valence-electron chi connectivity index (χ1n) is 18.0. The van der Waals surface area contributed by atoms with Crippen molar-refractivity contribution >= 4 is 23.9 Å². The molecule has 0 heterocycles. The minimum Gasteiger partial charge on any atom is -0.494 e. The Morgan fingerprint density at radius 3 is 1.44 bits per heavy atom. The van der Waals surface area contributed by atoms with Gasteiger partial charge in [-0.2, -0.15) is 0 Å². The number of aliphatic hydroxyl groups excluding tert-OH is 1. The number of hydrogen-bond acceptors (Lipinski definition) is 11. The second-order valence-electron chi connectivity index (χ2n) is 12.3. The Bertz CT molecular complexity index is 1810. The van der Waals surface area contributed by atoms with Gasteiger partial charge in [0.25, 0.3) is 0 Å². The second-order valence-corrected chi connectivity index (χ2v) is 12.3. The number of aliphatic hydroxyl groups is 1. The maximum absolute atomic E-state index is 12.8. The molecule has 1 N–H and O–H groups in total. The number of unbranched alkanes of at least 4 members (excludes halogenated alkanes) is 6. The fourth-order valence-electron chi connectivity index (χ4n) is 5.06. The van der Waals surface area contributed by atoms with Gasteiger partial charge in [-0.05, 0) is 148 Å². The minimum absolute atomic E-state index is 0.202. The molecule has 0 saturated heterocycles. The topological polar surface area (TPSA) is 144 Å². The predicted molar refractivity (Wildman–Crippen MR) is 202 cm³/mol. The molecule has 0 aliphatic heterocycles. The van der Waals surface area contributed by atoms with Crippen molar-refractivity contribution in [3.63, 3.8) is 0 Å². The highest BCUT2D eigenvalue weighted by atomic mass is 16.5. The third kappa shape index (κ3) is 13.9. The summed E-state index contributed by atoms with van der Waals surface area (Å²) in [5.41, 5.74) is 1.53. The number of aryl methyl sites for hydroxylation is 1. The lowest BCUT2D eigenvalue weighted by atomic mass is 10.2. The molecule has 0 fully saturated rings. The van der Waals surface area contributed by atoms with Crippen molar-refractivity contribution in [1.82, 2.24) is 0 Å². The molecule has 0 amide bonds. The van der Waals surface area contributed by atoms with Crippen molar-refractivity contribution < 1.29 is 52.7 Å². The van der Waals surface area contributed by atoms with Gasteiger partial charge in [0.05, 0.1) is 36.5 Å². The van der Waals surface area contributed by atoms with Crippen LogP contribution in [0.5, 0.6) is 28.7 Å². The van der Waals surface area contributed by atoms with Crippen molar-refractivity contribution in [2.45, 2.75) is 58.3 Å². The quantitative estimate of drug-likeness (QED) is 0.0360. The summed E-state index contributed by atoms with van der Waals surface area (Å²) in [6.45, 7) is 6.76. The fourth-order valence-corrected chi connectivity index (χ4v) is 5.06. The van der Waals surface area contributed by atoms with Crippen molar-refractivity contribution in [1.29, 1.82) is 0 Å². The summed E-state index contributed by atoms with van der Waals surface area (Å²) < 4.78 is 33.0. The van der Waals surface area contributed by atoms with Crippen molar-refractivity contribution in [2.75, 3.05) is 26.4 Å². The molecule has 0 unspecified atom stereocenters. The van der Waals surface area contributed by atoms with Gasteiger partial charge in [0.1, 0.15) is 28.7 Å². The standard InChI is InChI=1S/C43H46O11/c1-3-40(45)51-29-11-7-6-10-28-50-36-20-14-34(15-21-36)43(48)54-39-25-24-38(30-31(39)2)53-42(47)33-16-22-37(23-17-33)52-41(46)32-12-18-35(19-13-32)49-27-9-5-4-8-26-44/h3,12-25,30,44H,1,4-11,26-29H2,2H3. The number of ether oxygens (including phenoxy) is 6. The van der Waals surface area contributed by atoms with E-state index >= 15 is 0 Å².